The number of benzene rings is 2. The first-order valence-electron chi connectivity index (χ1n) is 9.28. The van der Waals surface area contributed by atoms with E-state index in [-0.39, 0.29) is 12.2 Å². The molecular formula is C21H26Cl2N2O3. The summed E-state index contributed by atoms with van der Waals surface area (Å²) in [6.07, 6.45) is 2.01. The predicted molar refractivity (Wildman–Crippen MR) is 114 cm³/mol. The molecular weight excluding hydrogens is 399 g/mol. The second kappa shape index (κ2) is 11.3. The van der Waals surface area contributed by atoms with Crippen LogP contribution in [0.3, 0.4) is 0 Å². The molecule has 0 bridgehead atoms. The van der Waals surface area contributed by atoms with Crippen LogP contribution in [0.25, 0.3) is 0 Å². The standard InChI is InChI=1S/C21H26Cl2N2O3/c22-17-11-16(12-18(23)20(17)24)19(26)13-25-10-9-15(21(27)28)8-4-7-14-5-2-1-3-6-14/h1-3,5-6,11-12,15,19,25-26H,4,7-10,13,24H2,(H,27,28). The van der Waals surface area contributed by atoms with Gasteiger partial charge in [-0.15, -0.1) is 0 Å². The van der Waals surface area contributed by atoms with Crippen LogP contribution in [0.4, 0.5) is 5.69 Å². The molecule has 0 aliphatic rings. The van der Waals surface area contributed by atoms with Crippen LogP contribution in [0.15, 0.2) is 42.5 Å². The Kier molecular flexibility index (Phi) is 9.06. The Morgan fingerprint density at radius 2 is 1.75 bits per heavy atom. The fourth-order valence-corrected chi connectivity index (χ4v) is 3.52. The molecule has 0 heterocycles. The number of rotatable bonds is 11. The fraction of sp³-hybridized carbons (Fsp3) is 0.381. The van der Waals surface area contributed by atoms with E-state index in [0.29, 0.717) is 35.0 Å². The molecule has 0 saturated carbocycles. The topological polar surface area (TPSA) is 95.6 Å². The van der Waals surface area contributed by atoms with E-state index in [1.54, 1.807) is 12.1 Å². The zero-order valence-electron chi connectivity index (χ0n) is 15.6. The third-order valence-corrected chi connectivity index (χ3v) is 5.33. The number of aliphatic hydroxyl groups excluding tert-OH is 1. The highest BCUT2D eigenvalue weighted by Gasteiger charge is 2.17. The van der Waals surface area contributed by atoms with Crippen LogP contribution in [-0.4, -0.2) is 29.3 Å². The first kappa shape index (κ1) is 22.5. The van der Waals surface area contributed by atoms with Crippen molar-refractivity contribution >= 4 is 34.9 Å². The summed E-state index contributed by atoms with van der Waals surface area (Å²) in [4.78, 5) is 11.5. The summed E-state index contributed by atoms with van der Waals surface area (Å²) < 4.78 is 0. The molecule has 2 unspecified atom stereocenters. The van der Waals surface area contributed by atoms with Crippen LogP contribution in [0.5, 0.6) is 0 Å². The van der Waals surface area contributed by atoms with E-state index in [2.05, 4.69) is 17.4 Å². The lowest BCUT2D eigenvalue weighted by atomic mass is 9.96. The molecule has 28 heavy (non-hydrogen) atoms. The summed E-state index contributed by atoms with van der Waals surface area (Å²) in [7, 11) is 0. The molecule has 0 fully saturated rings. The maximum Gasteiger partial charge on any atom is 0.306 e. The molecule has 2 atom stereocenters. The maximum absolute atomic E-state index is 11.5. The van der Waals surface area contributed by atoms with Crippen LogP contribution < -0.4 is 11.1 Å². The van der Waals surface area contributed by atoms with Gasteiger partial charge in [0.15, 0.2) is 0 Å². The van der Waals surface area contributed by atoms with Gasteiger partial charge in [-0.3, -0.25) is 4.79 Å². The van der Waals surface area contributed by atoms with Crippen molar-refractivity contribution in [1.82, 2.24) is 5.32 Å². The Morgan fingerprint density at radius 1 is 1.11 bits per heavy atom. The van der Waals surface area contributed by atoms with Gasteiger partial charge in [-0.1, -0.05) is 53.5 Å². The minimum atomic E-state index is -0.808. The second-order valence-corrected chi connectivity index (χ2v) is 7.63. The number of carboxylic acid groups (broad SMARTS) is 1. The molecule has 152 valence electrons. The van der Waals surface area contributed by atoms with E-state index in [9.17, 15) is 15.0 Å². The Bertz CT molecular complexity index is 748. The molecule has 0 amide bonds. The first-order valence-corrected chi connectivity index (χ1v) is 10.0. The molecule has 5 N–H and O–H groups in total. The summed E-state index contributed by atoms with van der Waals surface area (Å²) in [5.41, 5.74) is 7.76. The minimum Gasteiger partial charge on any atom is -0.481 e. The summed E-state index contributed by atoms with van der Waals surface area (Å²) in [6, 6.07) is 13.2. The zero-order valence-corrected chi connectivity index (χ0v) is 17.1. The van der Waals surface area contributed by atoms with Crippen molar-refractivity contribution in [3.8, 4) is 0 Å². The number of nitrogens with one attached hydrogen (secondary N) is 1. The first-order chi connectivity index (χ1) is 13.4. The number of nitrogens with two attached hydrogens (primary N) is 1. The van der Waals surface area contributed by atoms with Gasteiger partial charge in [0.25, 0.3) is 0 Å². The van der Waals surface area contributed by atoms with Gasteiger partial charge >= 0.3 is 5.97 Å². The normalized spacial score (nSPS) is 13.2. The highest BCUT2D eigenvalue weighted by Crippen LogP contribution is 2.31. The van der Waals surface area contributed by atoms with Gasteiger partial charge in [-0.2, -0.15) is 0 Å². The van der Waals surface area contributed by atoms with E-state index < -0.39 is 18.0 Å². The number of carboxylic acids is 1. The lowest BCUT2D eigenvalue weighted by Crippen LogP contribution is -2.26. The molecule has 0 spiro atoms. The average molecular weight is 425 g/mol. The Morgan fingerprint density at radius 3 is 2.36 bits per heavy atom. The lowest BCUT2D eigenvalue weighted by molar-refractivity contribution is -0.142. The van der Waals surface area contributed by atoms with Crippen molar-refractivity contribution in [2.24, 2.45) is 5.92 Å². The third kappa shape index (κ3) is 6.99. The number of carbonyl (C=O) groups is 1. The number of aliphatic carboxylic acids is 1. The Hall–Kier alpha value is -1.79. The zero-order chi connectivity index (χ0) is 20.5. The number of halogens is 2. The molecule has 2 aromatic carbocycles. The van der Waals surface area contributed by atoms with Crippen molar-refractivity contribution in [3.05, 3.63) is 63.6 Å². The Labute approximate surface area is 175 Å². The molecule has 7 heteroatoms. The highest BCUT2D eigenvalue weighted by atomic mass is 35.5. The van der Waals surface area contributed by atoms with Gasteiger partial charge in [0.05, 0.1) is 27.8 Å². The minimum absolute atomic E-state index is 0.271. The smallest absolute Gasteiger partial charge is 0.306 e. The van der Waals surface area contributed by atoms with Gasteiger partial charge in [-0.05, 0) is 55.5 Å². The quantitative estimate of drug-likeness (QED) is 0.318. The van der Waals surface area contributed by atoms with Crippen LogP contribution in [0, 0.1) is 5.92 Å². The van der Waals surface area contributed by atoms with Crippen LogP contribution >= 0.6 is 23.2 Å². The van der Waals surface area contributed by atoms with Gasteiger partial charge < -0.3 is 21.3 Å². The number of aliphatic hydroxyl groups is 1. The van der Waals surface area contributed by atoms with E-state index in [1.807, 2.05) is 18.2 Å². The fourth-order valence-electron chi connectivity index (χ4n) is 3.02. The van der Waals surface area contributed by atoms with Gasteiger partial charge in [0.2, 0.25) is 0 Å². The van der Waals surface area contributed by atoms with Crippen LogP contribution in [0.1, 0.15) is 36.5 Å². The molecule has 0 aliphatic carbocycles. The molecule has 5 nitrogen and oxygen atoms in total. The van der Waals surface area contributed by atoms with Gasteiger partial charge in [-0.25, -0.2) is 0 Å². The summed E-state index contributed by atoms with van der Waals surface area (Å²) in [6.45, 7) is 0.767. The van der Waals surface area contributed by atoms with Crippen molar-refractivity contribution in [2.45, 2.75) is 31.8 Å². The maximum atomic E-state index is 11.5. The lowest BCUT2D eigenvalue weighted by Gasteiger charge is -2.16. The van der Waals surface area contributed by atoms with Crippen molar-refractivity contribution in [2.75, 3.05) is 18.8 Å². The Balaban J connectivity index is 1.74. The van der Waals surface area contributed by atoms with E-state index in [0.717, 1.165) is 12.8 Å². The number of anilines is 1. The number of aryl methyl sites for hydroxylation is 1. The molecule has 2 rings (SSSR count). The molecule has 0 radical (unpaired) electrons. The number of hydrogen-bond acceptors (Lipinski definition) is 4. The number of nitrogen functional groups attached to an aromatic ring is 1. The summed E-state index contributed by atoms with van der Waals surface area (Å²) in [5.74, 6) is -1.19. The SMILES string of the molecule is Nc1c(Cl)cc(C(O)CNCCC(CCCc2ccccc2)C(=O)O)cc1Cl. The highest BCUT2D eigenvalue weighted by molar-refractivity contribution is 6.38. The predicted octanol–water partition coefficient (Wildman–Crippen LogP) is 4.31. The van der Waals surface area contributed by atoms with E-state index >= 15 is 0 Å². The monoisotopic (exact) mass is 424 g/mol. The van der Waals surface area contributed by atoms with Crippen molar-refractivity contribution in [1.29, 1.82) is 0 Å². The van der Waals surface area contributed by atoms with E-state index in [4.69, 9.17) is 28.9 Å². The molecule has 0 aliphatic heterocycles. The third-order valence-electron chi connectivity index (χ3n) is 4.70. The van der Waals surface area contributed by atoms with Crippen LogP contribution in [0.2, 0.25) is 10.0 Å². The van der Waals surface area contributed by atoms with Crippen LogP contribution in [-0.2, 0) is 11.2 Å². The van der Waals surface area contributed by atoms with Gasteiger partial charge in [0, 0.05) is 6.54 Å². The number of hydrogen-bond donors (Lipinski definition) is 4. The second-order valence-electron chi connectivity index (χ2n) is 6.82. The van der Waals surface area contributed by atoms with Gasteiger partial charge in [0.1, 0.15) is 0 Å². The summed E-state index contributed by atoms with van der Waals surface area (Å²) in [5, 5.41) is 23.4. The van der Waals surface area contributed by atoms with Crippen molar-refractivity contribution < 1.29 is 15.0 Å². The molecule has 0 saturated heterocycles. The molecule has 2 aromatic rings. The largest absolute Gasteiger partial charge is 0.481 e. The summed E-state index contributed by atoms with van der Waals surface area (Å²) >= 11 is 12.0. The molecule has 0 aromatic heterocycles. The van der Waals surface area contributed by atoms with E-state index in [1.165, 1.54) is 5.56 Å². The van der Waals surface area contributed by atoms with Crippen molar-refractivity contribution in [3.63, 3.8) is 0 Å². The average Bonchev–Trinajstić information content (AvgIpc) is 2.67.